The highest BCUT2D eigenvalue weighted by Crippen LogP contribution is 2.26. The molecule has 0 radical (unpaired) electrons. The van der Waals surface area contributed by atoms with Crippen molar-refractivity contribution in [3.8, 4) is 17.1 Å². The molecule has 7 nitrogen and oxygen atoms in total. The fourth-order valence-electron chi connectivity index (χ4n) is 3.11. The third kappa shape index (κ3) is 4.23. The van der Waals surface area contributed by atoms with Crippen molar-refractivity contribution >= 4 is 34.1 Å². The molecule has 1 amide bonds. The fraction of sp³-hybridized carbons (Fsp3) is 0.136. The van der Waals surface area contributed by atoms with Gasteiger partial charge >= 0.3 is 0 Å². The molecule has 0 aliphatic heterocycles. The Bertz CT molecular complexity index is 1190. The molecule has 0 aliphatic rings. The maximum atomic E-state index is 12.5. The van der Waals surface area contributed by atoms with E-state index < -0.39 is 0 Å². The number of nitrogen functional groups attached to an aromatic ring is 1. The van der Waals surface area contributed by atoms with E-state index in [1.807, 2.05) is 73.7 Å². The summed E-state index contributed by atoms with van der Waals surface area (Å²) in [6, 6.07) is 21.2. The highest BCUT2D eigenvalue weighted by atomic mass is 32.2. The minimum atomic E-state index is -0.140. The molecule has 4 rings (SSSR count). The zero-order valence-electron chi connectivity index (χ0n) is 16.4. The van der Waals surface area contributed by atoms with Crippen LogP contribution >= 0.6 is 11.8 Å². The van der Waals surface area contributed by atoms with Crippen LogP contribution < -0.4 is 15.9 Å². The van der Waals surface area contributed by atoms with Gasteiger partial charge in [-0.1, -0.05) is 60.3 Å². The molecule has 3 N–H and O–H groups in total. The van der Waals surface area contributed by atoms with Crippen LogP contribution in [0.2, 0.25) is 0 Å². The molecule has 0 aliphatic carbocycles. The van der Waals surface area contributed by atoms with E-state index in [-0.39, 0.29) is 11.7 Å². The standard InChI is InChI=1S/C22H21N5O2S/c1-2-29-17-10-5-9-16(13-17)21-25-26-22(27(21)23)30-14-20(28)24-19-12-6-8-15-7-3-4-11-18(15)19/h3-13H,2,14,23H2,1H3,(H,24,28). The van der Waals surface area contributed by atoms with E-state index in [4.69, 9.17) is 10.6 Å². The van der Waals surface area contributed by atoms with Gasteiger partial charge in [0.25, 0.3) is 0 Å². The van der Waals surface area contributed by atoms with Crippen molar-refractivity contribution in [1.82, 2.24) is 14.9 Å². The normalized spacial score (nSPS) is 10.8. The van der Waals surface area contributed by atoms with E-state index in [0.29, 0.717) is 17.6 Å². The molecule has 0 fully saturated rings. The van der Waals surface area contributed by atoms with Gasteiger partial charge in [-0.05, 0) is 30.5 Å². The summed E-state index contributed by atoms with van der Waals surface area (Å²) in [6.45, 7) is 2.50. The fourth-order valence-corrected chi connectivity index (χ4v) is 3.77. The number of amides is 1. The van der Waals surface area contributed by atoms with Crippen LogP contribution in [0.3, 0.4) is 0 Å². The molecule has 0 bridgehead atoms. The van der Waals surface area contributed by atoms with Crippen LogP contribution in [0.4, 0.5) is 5.69 Å². The number of anilines is 1. The molecular weight excluding hydrogens is 398 g/mol. The summed E-state index contributed by atoms with van der Waals surface area (Å²) < 4.78 is 6.91. The first-order chi connectivity index (χ1) is 14.7. The SMILES string of the molecule is CCOc1cccc(-c2nnc(SCC(=O)Nc3cccc4ccccc34)n2N)c1. The molecule has 0 atom stereocenters. The minimum absolute atomic E-state index is 0.140. The van der Waals surface area contributed by atoms with Crippen molar-refractivity contribution in [3.63, 3.8) is 0 Å². The summed E-state index contributed by atoms with van der Waals surface area (Å²) in [5, 5.41) is 13.8. The lowest BCUT2D eigenvalue weighted by Crippen LogP contribution is -2.16. The highest BCUT2D eigenvalue weighted by Gasteiger charge is 2.15. The maximum Gasteiger partial charge on any atom is 0.234 e. The zero-order valence-corrected chi connectivity index (χ0v) is 17.2. The molecule has 0 spiro atoms. The van der Waals surface area contributed by atoms with Gasteiger partial charge in [0.1, 0.15) is 5.75 Å². The largest absolute Gasteiger partial charge is 0.494 e. The summed E-state index contributed by atoms with van der Waals surface area (Å²) in [4.78, 5) is 12.5. The number of nitrogens with one attached hydrogen (secondary N) is 1. The average molecular weight is 420 g/mol. The number of nitrogens with two attached hydrogens (primary N) is 1. The van der Waals surface area contributed by atoms with Gasteiger partial charge in [0.15, 0.2) is 5.82 Å². The maximum absolute atomic E-state index is 12.5. The molecule has 1 heterocycles. The van der Waals surface area contributed by atoms with E-state index >= 15 is 0 Å². The summed E-state index contributed by atoms with van der Waals surface area (Å²) in [7, 11) is 0. The second-order valence-electron chi connectivity index (χ2n) is 6.50. The smallest absolute Gasteiger partial charge is 0.234 e. The summed E-state index contributed by atoms with van der Waals surface area (Å²) >= 11 is 1.23. The quantitative estimate of drug-likeness (QED) is 0.348. The molecule has 4 aromatic rings. The summed E-state index contributed by atoms with van der Waals surface area (Å²) in [5.41, 5.74) is 1.57. The van der Waals surface area contributed by atoms with Gasteiger partial charge in [-0.25, -0.2) is 4.68 Å². The lowest BCUT2D eigenvalue weighted by atomic mass is 10.1. The molecule has 3 aromatic carbocycles. The number of carbonyl (C=O) groups is 1. The monoisotopic (exact) mass is 419 g/mol. The number of carbonyl (C=O) groups excluding carboxylic acids is 1. The third-order valence-corrected chi connectivity index (χ3v) is 5.41. The van der Waals surface area contributed by atoms with Gasteiger partial charge < -0.3 is 15.9 Å². The number of hydrogen-bond acceptors (Lipinski definition) is 6. The Balaban J connectivity index is 1.44. The highest BCUT2D eigenvalue weighted by molar-refractivity contribution is 7.99. The van der Waals surface area contributed by atoms with Crippen LogP contribution in [0.25, 0.3) is 22.2 Å². The van der Waals surface area contributed by atoms with E-state index in [1.54, 1.807) is 0 Å². The topological polar surface area (TPSA) is 95.1 Å². The molecule has 0 unspecified atom stereocenters. The second kappa shape index (κ2) is 8.87. The Morgan fingerprint density at radius 2 is 1.90 bits per heavy atom. The van der Waals surface area contributed by atoms with Crippen LogP contribution in [0, 0.1) is 0 Å². The number of aromatic nitrogens is 3. The van der Waals surface area contributed by atoms with Crippen molar-refractivity contribution in [2.45, 2.75) is 12.1 Å². The Kier molecular flexibility index (Phi) is 5.85. The van der Waals surface area contributed by atoms with E-state index in [9.17, 15) is 4.79 Å². The molecule has 1 aromatic heterocycles. The molecular formula is C22H21N5O2S. The van der Waals surface area contributed by atoms with Crippen molar-refractivity contribution in [2.24, 2.45) is 0 Å². The Hall–Kier alpha value is -3.52. The Morgan fingerprint density at radius 3 is 2.77 bits per heavy atom. The number of ether oxygens (including phenoxy) is 1. The van der Waals surface area contributed by atoms with E-state index in [1.165, 1.54) is 16.4 Å². The van der Waals surface area contributed by atoms with Crippen molar-refractivity contribution < 1.29 is 9.53 Å². The summed E-state index contributed by atoms with van der Waals surface area (Å²) in [6.07, 6.45) is 0. The first kappa shape index (κ1) is 19.8. The minimum Gasteiger partial charge on any atom is -0.494 e. The molecule has 30 heavy (non-hydrogen) atoms. The predicted molar refractivity (Wildman–Crippen MR) is 120 cm³/mol. The average Bonchev–Trinajstić information content (AvgIpc) is 3.13. The van der Waals surface area contributed by atoms with Crippen LogP contribution in [0.1, 0.15) is 6.92 Å². The predicted octanol–water partition coefficient (Wildman–Crippen LogP) is 3.94. The first-order valence-corrected chi connectivity index (χ1v) is 10.5. The lowest BCUT2D eigenvalue weighted by Gasteiger charge is -2.09. The van der Waals surface area contributed by atoms with Crippen molar-refractivity contribution in [2.75, 3.05) is 23.5 Å². The molecule has 0 saturated heterocycles. The lowest BCUT2D eigenvalue weighted by molar-refractivity contribution is -0.113. The van der Waals surface area contributed by atoms with Crippen LogP contribution in [-0.2, 0) is 4.79 Å². The van der Waals surface area contributed by atoms with Gasteiger partial charge in [0.2, 0.25) is 11.1 Å². The number of thioether (sulfide) groups is 1. The third-order valence-electron chi connectivity index (χ3n) is 4.46. The van der Waals surface area contributed by atoms with Crippen molar-refractivity contribution in [3.05, 3.63) is 66.7 Å². The van der Waals surface area contributed by atoms with Gasteiger partial charge in [-0.3, -0.25) is 4.79 Å². The second-order valence-corrected chi connectivity index (χ2v) is 7.44. The van der Waals surface area contributed by atoms with Crippen molar-refractivity contribution in [1.29, 1.82) is 0 Å². The number of hydrogen-bond donors (Lipinski definition) is 2. The molecule has 152 valence electrons. The van der Waals surface area contributed by atoms with Gasteiger partial charge in [0.05, 0.1) is 12.4 Å². The van der Waals surface area contributed by atoms with Gasteiger partial charge in [-0.2, -0.15) is 0 Å². The van der Waals surface area contributed by atoms with Gasteiger partial charge in [0, 0.05) is 16.6 Å². The van der Waals surface area contributed by atoms with Gasteiger partial charge in [-0.15, -0.1) is 10.2 Å². The summed E-state index contributed by atoms with van der Waals surface area (Å²) in [5.74, 6) is 7.44. The van der Waals surface area contributed by atoms with Crippen LogP contribution in [0.5, 0.6) is 5.75 Å². The molecule has 0 saturated carbocycles. The number of fused-ring (bicyclic) bond motifs is 1. The van der Waals surface area contributed by atoms with Crippen LogP contribution in [-0.4, -0.2) is 33.1 Å². The zero-order chi connectivity index (χ0) is 20.9. The number of nitrogens with zero attached hydrogens (tertiary/aromatic N) is 3. The number of rotatable bonds is 7. The molecule has 8 heteroatoms. The van der Waals surface area contributed by atoms with E-state index in [2.05, 4.69) is 15.5 Å². The Morgan fingerprint density at radius 1 is 1.10 bits per heavy atom. The van der Waals surface area contributed by atoms with E-state index in [0.717, 1.165) is 27.8 Å². The van der Waals surface area contributed by atoms with Crippen LogP contribution in [0.15, 0.2) is 71.9 Å². The first-order valence-electron chi connectivity index (χ1n) is 9.50. The number of benzene rings is 3. The Labute approximate surface area is 178 Å².